The molecule has 0 aromatic heterocycles. The van der Waals surface area contributed by atoms with Gasteiger partial charge >= 0.3 is 17.9 Å². The fraction of sp³-hybridized carbons (Fsp3) is 0.688. The quantitative estimate of drug-likeness (QED) is 0.248. The molecule has 0 saturated carbocycles. The smallest absolute Gasteiger partial charge is 0.342 e. The number of aliphatic hydroxyl groups is 1. The lowest BCUT2D eigenvalue weighted by molar-refractivity contribution is -0.163. The van der Waals surface area contributed by atoms with E-state index in [0.717, 1.165) is 19.3 Å². The van der Waals surface area contributed by atoms with E-state index in [1.807, 2.05) is 0 Å². The molecule has 0 aliphatic carbocycles. The number of ether oxygens (including phenoxy) is 1. The van der Waals surface area contributed by atoms with Gasteiger partial charge in [0.2, 0.25) is 0 Å². The van der Waals surface area contributed by atoms with Crippen molar-refractivity contribution in [3.63, 3.8) is 0 Å². The maximum atomic E-state index is 11.4. The molecular weight excluding hydrogens is 288 g/mol. The number of carbonyl (C=O) groups excluding carboxylic acids is 2. The zero-order valence-corrected chi connectivity index (χ0v) is 13.1. The van der Waals surface area contributed by atoms with Crippen molar-refractivity contribution in [2.75, 3.05) is 0 Å². The van der Waals surface area contributed by atoms with Crippen LogP contribution in [0.25, 0.3) is 0 Å². The van der Waals surface area contributed by atoms with Gasteiger partial charge in [-0.25, -0.2) is 14.4 Å². The Balaban J connectivity index is 3.70. The molecule has 0 aliphatic rings. The molecule has 0 saturated heterocycles. The summed E-state index contributed by atoms with van der Waals surface area (Å²) in [6.07, 6.45) is 8.84. The van der Waals surface area contributed by atoms with Crippen LogP contribution in [0.2, 0.25) is 0 Å². The molecule has 0 rings (SSSR count). The highest BCUT2D eigenvalue weighted by Gasteiger charge is 2.18. The van der Waals surface area contributed by atoms with Gasteiger partial charge in [0.1, 0.15) is 0 Å². The fourth-order valence-electron chi connectivity index (χ4n) is 1.93. The molecule has 0 aliphatic heterocycles. The summed E-state index contributed by atoms with van der Waals surface area (Å²) < 4.78 is 4.31. The Hall–Kier alpha value is -1.69. The second-order valence-electron chi connectivity index (χ2n) is 5.19. The number of rotatable bonds is 12. The maximum absolute atomic E-state index is 11.4. The van der Waals surface area contributed by atoms with Crippen LogP contribution in [-0.4, -0.2) is 34.2 Å². The van der Waals surface area contributed by atoms with Gasteiger partial charge in [0.05, 0.1) is 0 Å². The molecule has 1 atom stereocenters. The van der Waals surface area contributed by atoms with Crippen molar-refractivity contribution in [3.05, 3.63) is 12.2 Å². The highest BCUT2D eigenvalue weighted by molar-refractivity contribution is 5.96. The van der Waals surface area contributed by atoms with E-state index in [-0.39, 0.29) is 6.42 Å². The monoisotopic (exact) mass is 314 g/mol. The van der Waals surface area contributed by atoms with E-state index >= 15 is 0 Å². The number of hydrogen-bond acceptors (Lipinski definition) is 5. The van der Waals surface area contributed by atoms with Gasteiger partial charge in [0, 0.05) is 12.2 Å². The van der Waals surface area contributed by atoms with Gasteiger partial charge in [-0.3, -0.25) is 0 Å². The van der Waals surface area contributed by atoms with Gasteiger partial charge in [-0.2, -0.15) is 0 Å². The van der Waals surface area contributed by atoms with Gasteiger partial charge in [0.15, 0.2) is 6.10 Å². The third-order valence-electron chi connectivity index (χ3n) is 3.17. The third kappa shape index (κ3) is 12.1. The molecule has 0 spiro atoms. The van der Waals surface area contributed by atoms with Crippen LogP contribution in [0.1, 0.15) is 64.7 Å². The Morgan fingerprint density at radius 2 is 1.50 bits per heavy atom. The lowest BCUT2D eigenvalue weighted by Crippen LogP contribution is -2.25. The molecule has 0 aromatic carbocycles. The van der Waals surface area contributed by atoms with Crippen molar-refractivity contribution >= 4 is 17.9 Å². The Morgan fingerprint density at radius 1 is 0.955 bits per heavy atom. The van der Waals surface area contributed by atoms with Crippen molar-refractivity contribution in [3.8, 4) is 0 Å². The first kappa shape index (κ1) is 20.3. The zero-order valence-electron chi connectivity index (χ0n) is 13.1. The summed E-state index contributed by atoms with van der Waals surface area (Å²) in [4.78, 5) is 32.6. The highest BCUT2D eigenvalue weighted by Crippen LogP contribution is 2.11. The molecule has 126 valence electrons. The Bertz CT molecular complexity index is 375. The van der Waals surface area contributed by atoms with Crippen LogP contribution in [0, 0.1) is 0 Å². The molecule has 0 amide bonds. The predicted octanol–water partition coefficient (Wildman–Crippen LogP) is 2.59. The van der Waals surface area contributed by atoms with Crippen LogP contribution in [-0.2, 0) is 19.1 Å². The van der Waals surface area contributed by atoms with E-state index in [1.54, 1.807) is 0 Å². The number of carboxylic acid groups (broad SMARTS) is 1. The number of carbonyl (C=O) groups is 3. The summed E-state index contributed by atoms with van der Waals surface area (Å²) in [5.74, 6) is -3.45. The highest BCUT2D eigenvalue weighted by atomic mass is 16.6. The van der Waals surface area contributed by atoms with Gasteiger partial charge < -0.3 is 14.9 Å². The van der Waals surface area contributed by atoms with Crippen LogP contribution in [0.3, 0.4) is 0 Å². The van der Waals surface area contributed by atoms with Gasteiger partial charge in [-0.15, -0.1) is 0 Å². The van der Waals surface area contributed by atoms with Crippen molar-refractivity contribution < 1.29 is 29.3 Å². The maximum Gasteiger partial charge on any atom is 0.342 e. The molecule has 2 N–H and O–H groups in total. The minimum Gasteiger partial charge on any atom is -0.478 e. The summed E-state index contributed by atoms with van der Waals surface area (Å²) in [5, 5.41) is 17.9. The Labute approximate surface area is 131 Å². The van der Waals surface area contributed by atoms with E-state index in [9.17, 15) is 19.5 Å². The second-order valence-corrected chi connectivity index (χ2v) is 5.19. The average Bonchev–Trinajstić information content (AvgIpc) is 2.47. The van der Waals surface area contributed by atoms with E-state index in [1.165, 1.54) is 25.7 Å². The number of unbranched alkanes of at least 4 members (excludes halogenated alkanes) is 7. The number of esters is 2. The van der Waals surface area contributed by atoms with Gasteiger partial charge in [-0.05, 0) is 6.42 Å². The lowest BCUT2D eigenvalue weighted by Gasteiger charge is -2.08. The summed E-state index contributed by atoms with van der Waals surface area (Å²) in [6, 6.07) is 0. The number of aliphatic carboxylic acids is 1. The summed E-state index contributed by atoms with van der Waals surface area (Å²) >= 11 is 0. The van der Waals surface area contributed by atoms with E-state index in [4.69, 9.17) is 5.11 Å². The van der Waals surface area contributed by atoms with Crippen LogP contribution in [0.4, 0.5) is 0 Å². The SMILES string of the molecule is CCCCCCCCCCC(O)C(=O)OC(=O)/C=C\C(=O)O. The minimum atomic E-state index is -1.35. The van der Waals surface area contributed by atoms with E-state index in [0.29, 0.717) is 18.6 Å². The lowest BCUT2D eigenvalue weighted by atomic mass is 10.1. The molecular formula is C16H26O6. The van der Waals surface area contributed by atoms with Crippen LogP contribution >= 0.6 is 0 Å². The standard InChI is InChI=1S/C16H26O6/c1-2-3-4-5-6-7-8-9-10-13(17)16(21)22-15(20)12-11-14(18)19/h11-13,17H,2-10H2,1H3,(H,18,19)/b12-11-. The molecule has 0 radical (unpaired) electrons. The van der Waals surface area contributed by atoms with E-state index in [2.05, 4.69) is 11.7 Å². The van der Waals surface area contributed by atoms with Crippen LogP contribution in [0.15, 0.2) is 12.2 Å². The number of aliphatic hydroxyl groups excluding tert-OH is 1. The molecule has 6 nitrogen and oxygen atoms in total. The Morgan fingerprint density at radius 3 is 2.05 bits per heavy atom. The summed E-state index contributed by atoms with van der Waals surface area (Å²) in [6.45, 7) is 2.17. The van der Waals surface area contributed by atoms with Crippen molar-refractivity contribution in [2.45, 2.75) is 70.8 Å². The van der Waals surface area contributed by atoms with Crippen molar-refractivity contribution in [1.29, 1.82) is 0 Å². The molecule has 0 bridgehead atoms. The van der Waals surface area contributed by atoms with Gasteiger partial charge in [0.25, 0.3) is 0 Å². The van der Waals surface area contributed by atoms with Crippen molar-refractivity contribution in [1.82, 2.24) is 0 Å². The Kier molecular flexibility index (Phi) is 12.0. The third-order valence-corrected chi connectivity index (χ3v) is 3.17. The summed E-state index contributed by atoms with van der Waals surface area (Å²) in [7, 11) is 0. The molecule has 22 heavy (non-hydrogen) atoms. The van der Waals surface area contributed by atoms with Crippen LogP contribution < -0.4 is 0 Å². The molecule has 0 aromatic rings. The molecule has 1 unspecified atom stereocenters. The minimum absolute atomic E-state index is 0.240. The fourth-order valence-corrected chi connectivity index (χ4v) is 1.93. The first-order valence-corrected chi connectivity index (χ1v) is 7.82. The van der Waals surface area contributed by atoms with E-state index < -0.39 is 24.0 Å². The first-order valence-electron chi connectivity index (χ1n) is 7.82. The largest absolute Gasteiger partial charge is 0.478 e. The molecule has 0 fully saturated rings. The molecule has 0 heterocycles. The number of hydrogen-bond donors (Lipinski definition) is 2. The molecule has 6 heteroatoms. The summed E-state index contributed by atoms with van der Waals surface area (Å²) in [5.41, 5.74) is 0. The number of carboxylic acids is 1. The van der Waals surface area contributed by atoms with Gasteiger partial charge in [-0.1, -0.05) is 58.3 Å². The average molecular weight is 314 g/mol. The predicted molar refractivity (Wildman–Crippen MR) is 81.1 cm³/mol. The normalized spacial score (nSPS) is 12.3. The zero-order chi connectivity index (χ0) is 16.8. The van der Waals surface area contributed by atoms with Crippen LogP contribution in [0.5, 0.6) is 0 Å². The van der Waals surface area contributed by atoms with Crippen molar-refractivity contribution in [2.24, 2.45) is 0 Å². The second kappa shape index (κ2) is 13.0. The topological polar surface area (TPSA) is 101 Å². The first-order chi connectivity index (χ1) is 10.5.